The van der Waals surface area contributed by atoms with Crippen molar-refractivity contribution < 1.29 is 37.0 Å². The average Bonchev–Trinajstić information content (AvgIpc) is 3.09. The van der Waals surface area contributed by atoms with Crippen molar-refractivity contribution in [2.24, 2.45) is 16.7 Å². The number of rotatable bonds is 4. The van der Waals surface area contributed by atoms with Gasteiger partial charge >= 0.3 is 18.1 Å². The normalized spacial score (nSPS) is 21.2. The zero-order chi connectivity index (χ0) is 23.0. The number of benzene rings is 1. The van der Waals surface area contributed by atoms with Gasteiger partial charge in [0.1, 0.15) is 0 Å². The van der Waals surface area contributed by atoms with Gasteiger partial charge in [-0.1, -0.05) is 30.9 Å². The topological polar surface area (TPSA) is 69.7 Å². The molecule has 1 unspecified atom stereocenters. The fraction of sp³-hybridized carbons (Fsp3) is 0.348. The monoisotopic (exact) mass is 434 g/mol. The van der Waals surface area contributed by atoms with Gasteiger partial charge in [-0.05, 0) is 54.2 Å². The van der Waals surface area contributed by atoms with Gasteiger partial charge in [0, 0.05) is 5.41 Å². The van der Waals surface area contributed by atoms with Crippen LogP contribution in [0.1, 0.15) is 24.0 Å². The number of carbonyl (C=O) groups is 3. The molecule has 2 aliphatic carbocycles. The SMILES string of the molecule is C=C(c1ccc(C(F)(F)F)cc1)C1CC(C(=O)OC)(C(=O)OC)CC12C=CC(=O)C=C2. The first-order chi connectivity index (χ1) is 14.5. The van der Waals surface area contributed by atoms with Crippen molar-refractivity contribution in [1.82, 2.24) is 0 Å². The van der Waals surface area contributed by atoms with Gasteiger partial charge in [-0.3, -0.25) is 14.4 Å². The number of esters is 2. The Hall–Kier alpha value is -3.16. The number of methoxy groups -OCH3 is 2. The highest BCUT2D eigenvalue weighted by molar-refractivity contribution is 6.03. The van der Waals surface area contributed by atoms with Crippen LogP contribution in [0.3, 0.4) is 0 Å². The van der Waals surface area contributed by atoms with Crippen molar-refractivity contribution in [2.45, 2.75) is 19.0 Å². The third-order valence-electron chi connectivity index (χ3n) is 6.08. The van der Waals surface area contributed by atoms with Gasteiger partial charge in [-0.2, -0.15) is 13.2 Å². The first-order valence-electron chi connectivity index (χ1n) is 9.45. The zero-order valence-electron chi connectivity index (χ0n) is 17.0. The molecule has 0 heterocycles. The standard InChI is InChI=1S/C23H21F3O5/c1-14(15-4-6-16(7-5-15)23(24,25)26)18-12-22(19(28)30-2,20(29)31-3)13-21(18)10-8-17(27)9-11-21/h4-11,18H,1,12-13H2,2-3H3. The van der Waals surface area contributed by atoms with Crippen molar-refractivity contribution in [3.8, 4) is 0 Å². The van der Waals surface area contributed by atoms with E-state index in [2.05, 4.69) is 6.58 Å². The van der Waals surface area contributed by atoms with Crippen LogP contribution in [0.25, 0.3) is 5.57 Å². The summed E-state index contributed by atoms with van der Waals surface area (Å²) < 4.78 is 48.6. The van der Waals surface area contributed by atoms with Gasteiger partial charge in [0.05, 0.1) is 19.8 Å². The van der Waals surface area contributed by atoms with E-state index in [0.717, 1.165) is 26.4 Å². The van der Waals surface area contributed by atoms with Crippen LogP contribution in [0.4, 0.5) is 13.2 Å². The predicted octanol–water partition coefficient (Wildman–Crippen LogP) is 4.14. The van der Waals surface area contributed by atoms with Crippen molar-refractivity contribution in [3.63, 3.8) is 0 Å². The van der Waals surface area contributed by atoms with Crippen LogP contribution >= 0.6 is 0 Å². The number of alkyl halides is 3. The van der Waals surface area contributed by atoms with E-state index in [-0.39, 0.29) is 18.6 Å². The Bertz CT molecular complexity index is 953. The van der Waals surface area contributed by atoms with Crippen molar-refractivity contribution >= 4 is 23.3 Å². The first kappa shape index (κ1) is 22.5. The minimum absolute atomic E-state index is 0.0239. The number of hydrogen-bond acceptors (Lipinski definition) is 5. The molecule has 1 spiro atoms. The Kier molecular flexibility index (Phi) is 5.69. The van der Waals surface area contributed by atoms with E-state index in [0.29, 0.717) is 11.1 Å². The highest BCUT2D eigenvalue weighted by atomic mass is 19.4. The summed E-state index contributed by atoms with van der Waals surface area (Å²) >= 11 is 0. The zero-order valence-corrected chi connectivity index (χ0v) is 17.0. The lowest BCUT2D eigenvalue weighted by Gasteiger charge is -2.32. The molecule has 1 aromatic rings. The average molecular weight is 434 g/mol. The van der Waals surface area contributed by atoms with Crippen LogP contribution in [0.2, 0.25) is 0 Å². The molecule has 1 aromatic carbocycles. The molecular formula is C23H21F3O5. The summed E-state index contributed by atoms with van der Waals surface area (Å²) in [5, 5.41) is 0. The second kappa shape index (κ2) is 7.83. The summed E-state index contributed by atoms with van der Waals surface area (Å²) in [7, 11) is 2.32. The molecule has 0 aliphatic heterocycles. The van der Waals surface area contributed by atoms with Gasteiger partial charge < -0.3 is 9.47 Å². The van der Waals surface area contributed by atoms with E-state index < -0.39 is 40.4 Å². The Morgan fingerprint density at radius 3 is 2.00 bits per heavy atom. The Morgan fingerprint density at radius 2 is 1.55 bits per heavy atom. The molecule has 8 heteroatoms. The van der Waals surface area contributed by atoms with E-state index in [1.165, 1.54) is 24.3 Å². The lowest BCUT2D eigenvalue weighted by Crippen LogP contribution is -2.40. The van der Waals surface area contributed by atoms with E-state index in [4.69, 9.17) is 9.47 Å². The van der Waals surface area contributed by atoms with Crippen molar-refractivity contribution in [2.75, 3.05) is 14.2 Å². The maximum absolute atomic E-state index is 12.9. The number of hydrogen-bond donors (Lipinski definition) is 0. The highest BCUT2D eigenvalue weighted by Crippen LogP contribution is 2.60. The van der Waals surface area contributed by atoms with Crippen molar-refractivity contribution in [3.05, 3.63) is 66.3 Å². The minimum Gasteiger partial charge on any atom is -0.468 e. The number of allylic oxidation sites excluding steroid dienone is 5. The summed E-state index contributed by atoms with van der Waals surface area (Å²) in [6, 6.07) is 4.51. The fourth-order valence-electron chi connectivity index (χ4n) is 4.50. The first-order valence-corrected chi connectivity index (χ1v) is 9.45. The van der Waals surface area contributed by atoms with Crippen LogP contribution in [0.5, 0.6) is 0 Å². The molecule has 0 N–H and O–H groups in total. The van der Waals surface area contributed by atoms with Gasteiger partial charge in [-0.25, -0.2) is 0 Å². The van der Waals surface area contributed by atoms with Gasteiger partial charge in [0.15, 0.2) is 11.2 Å². The summed E-state index contributed by atoms with van der Waals surface area (Å²) in [5.74, 6) is -2.37. The lowest BCUT2D eigenvalue weighted by atomic mass is 9.70. The largest absolute Gasteiger partial charge is 0.468 e. The van der Waals surface area contributed by atoms with Crippen LogP contribution in [-0.2, 0) is 30.0 Å². The van der Waals surface area contributed by atoms with Crippen LogP contribution in [0.15, 0.2) is 55.1 Å². The van der Waals surface area contributed by atoms with E-state index in [1.54, 1.807) is 12.2 Å². The molecule has 3 rings (SSSR count). The molecule has 164 valence electrons. The van der Waals surface area contributed by atoms with Crippen LogP contribution in [0, 0.1) is 16.7 Å². The molecule has 0 saturated heterocycles. The number of halogens is 3. The molecule has 0 aromatic heterocycles. The molecule has 1 saturated carbocycles. The maximum Gasteiger partial charge on any atom is 0.416 e. The van der Waals surface area contributed by atoms with Gasteiger partial charge in [0.2, 0.25) is 0 Å². The second-order valence-corrected chi connectivity index (χ2v) is 7.78. The van der Waals surface area contributed by atoms with E-state index in [9.17, 15) is 27.6 Å². The molecule has 5 nitrogen and oxygen atoms in total. The Labute approximate surface area is 177 Å². The lowest BCUT2D eigenvalue weighted by molar-refractivity contribution is -0.169. The molecule has 0 amide bonds. The third-order valence-corrected chi connectivity index (χ3v) is 6.08. The Balaban J connectivity index is 2.07. The quantitative estimate of drug-likeness (QED) is 0.526. The maximum atomic E-state index is 12.9. The minimum atomic E-state index is -4.48. The van der Waals surface area contributed by atoms with Crippen LogP contribution < -0.4 is 0 Å². The number of ketones is 1. The molecule has 0 bridgehead atoms. The molecule has 1 fully saturated rings. The van der Waals surface area contributed by atoms with Crippen molar-refractivity contribution in [1.29, 1.82) is 0 Å². The third kappa shape index (κ3) is 3.82. The van der Waals surface area contributed by atoms with Crippen LogP contribution in [-0.4, -0.2) is 31.9 Å². The van der Waals surface area contributed by atoms with E-state index in [1.807, 2.05) is 0 Å². The fourth-order valence-corrected chi connectivity index (χ4v) is 4.50. The summed E-state index contributed by atoms with van der Waals surface area (Å²) in [4.78, 5) is 37.1. The smallest absolute Gasteiger partial charge is 0.416 e. The molecular weight excluding hydrogens is 413 g/mol. The summed E-state index contributed by atoms with van der Waals surface area (Å²) in [6.07, 6.45) is 1.38. The summed E-state index contributed by atoms with van der Waals surface area (Å²) in [6.45, 7) is 4.07. The molecule has 0 radical (unpaired) electrons. The number of carbonyl (C=O) groups excluding carboxylic acids is 3. The van der Waals surface area contributed by atoms with Gasteiger partial charge in [0.25, 0.3) is 0 Å². The van der Waals surface area contributed by atoms with E-state index >= 15 is 0 Å². The summed E-state index contributed by atoms with van der Waals surface area (Å²) in [5.41, 5.74) is -2.51. The Morgan fingerprint density at radius 1 is 1.03 bits per heavy atom. The second-order valence-electron chi connectivity index (χ2n) is 7.78. The highest BCUT2D eigenvalue weighted by Gasteiger charge is 2.62. The molecule has 1 atom stereocenters. The molecule has 31 heavy (non-hydrogen) atoms. The molecule has 2 aliphatic rings. The number of ether oxygens (including phenoxy) is 2. The van der Waals surface area contributed by atoms with Gasteiger partial charge in [-0.15, -0.1) is 0 Å². The predicted molar refractivity (Wildman–Crippen MR) is 105 cm³/mol.